The van der Waals surface area contributed by atoms with Crippen molar-refractivity contribution < 1.29 is 13.2 Å². The second-order valence-corrected chi connectivity index (χ2v) is 2.37. The lowest BCUT2D eigenvalue weighted by atomic mass is 10.2. The quantitative estimate of drug-likeness (QED) is 0.554. The van der Waals surface area contributed by atoms with Crippen LogP contribution >= 0.6 is 0 Å². The molecule has 60 valence electrons. The van der Waals surface area contributed by atoms with Gasteiger partial charge in [0.15, 0.2) is 0 Å². The van der Waals surface area contributed by atoms with E-state index in [1.54, 1.807) is 0 Å². The van der Waals surface area contributed by atoms with Crippen molar-refractivity contribution in [3.05, 3.63) is 0 Å². The fourth-order valence-electron chi connectivity index (χ4n) is 1.06. The Labute approximate surface area is 57.0 Å². The topological polar surface area (TPSA) is 15.3 Å². The van der Waals surface area contributed by atoms with Gasteiger partial charge in [-0.15, -0.1) is 0 Å². The maximum Gasteiger partial charge on any atom is 0.405 e. The third-order valence-corrected chi connectivity index (χ3v) is 1.62. The van der Waals surface area contributed by atoms with Crippen LogP contribution < -0.4 is 5.43 Å². The van der Waals surface area contributed by atoms with Gasteiger partial charge in [-0.2, -0.15) is 13.2 Å². The van der Waals surface area contributed by atoms with Crippen molar-refractivity contribution in [2.45, 2.75) is 18.6 Å². The molecule has 1 unspecified atom stereocenters. The number of hydrogen-bond donors (Lipinski definition) is 1. The zero-order chi connectivity index (χ0) is 7.78. The van der Waals surface area contributed by atoms with Gasteiger partial charge in [0.25, 0.3) is 0 Å². The Morgan fingerprint density at radius 3 is 2.30 bits per heavy atom. The normalized spacial score (nSPS) is 29.4. The van der Waals surface area contributed by atoms with Gasteiger partial charge < -0.3 is 0 Å². The van der Waals surface area contributed by atoms with Gasteiger partial charge in [0.1, 0.15) is 6.04 Å². The van der Waals surface area contributed by atoms with Crippen LogP contribution in [0.1, 0.15) is 6.42 Å². The van der Waals surface area contributed by atoms with E-state index in [2.05, 4.69) is 5.43 Å². The van der Waals surface area contributed by atoms with Crippen molar-refractivity contribution >= 4 is 0 Å². The van der Waals surface area contributed by atoms with Crippen LogP contribution in [0, 0.1) is 0 Å². The van der Waals surface area contributed by atoms with E-state index in [1.807, 2.05) is 0 Å². The van der Waals surface area contributed by atoms with Crippen molar-refractivity contribution in [2.24, 2.45) is 0 Å². The first-order chi connectivity index (χ1) is 4.52. The predicted molar refractivity (Wildman–Crippen MR) is 30.2 cm³/mol. The minimum atomic E-state index is -4.09. The Kier molecular flexibility index (Phi) is 1.87. The summed E-state index contributed by atoms with van der Waals surface area (Å²) in [6.45, 7) is 0.417. The molecule has 1 rings (SSSR count). The average Bonchev–Trinajstić information content (AvgIpc) is 2.11. The van der Waals surface area contributed by atoms with Crippen LogP contribution in [0.5, 0.6) is 0 Å². The Morgan fingerprint density at radius 1 is 1.50 bits per heavy atom. The van der Waals surface area contributed by atoms with Crippen molar-refractivity contribution in [3.8, 4) is 0 Å². The highest BCUT2D eigenvalue weighted by Crippen LogP contribution is 2.27. The summed E-state index contributed by atoms with van der Waals surface area (Å²) in [5, 5.41) is 1.11. The average molecular weight is 154 g/mol. The highest BCUT2D eigenvalue weighted by Gasteiger charge is 2.44. The lowest BCUT2D eigenvalue weighted by Gasteiger charge is -2.21. The summed E-state index contributed by atoms with van der Waals surface area (Å²) >= 11 is 0. The van der Waals surface area contributed by atoms with E-state index in [1.165, 1.54) is 7.05 Å². The number of alkyl halides is 3. The molecule has 1 N–H and O–H groups in total. The van der Waals surface area contributed by atoms with E-state index in [-0.39, 0.29) is 6.42 Å². The molecule has 0 aromatic heterocycles. The van der Waals surface area contributed by atoms with Crippen molar-refractivity contribution in [1.29, 1.82) is 0 Å². The first-order valence-electron chi connectivity index (χ1n) is 3.05. The summed E-state index contributed by atoms with van der Waals surface area (Å²) in [6, 6.07) is -1.30. The van der Waals surface area contributed by atoms with Crippen molar-refractivity contribution in [2.75, 3.05) is 13.6 Å². The molecule has 0 amide bonds. The van der Waals surface area contributed by atoms with Crippen LogP contribution in [-0.2, 0) is 0 Å². The molecular weight excluding hydrogens is 145 g/mol. The van der Waals surface area contributed by atoms with Crippen molar-refractivity contribution in [3.63, 3.8) is 0 Å². The molecule has 1 saturated heterocycles. The molecule has 0 saturated carbocycles. The van der Waals surface area contributed by atoms with E-state index in [0.29, 0.717) is 6.54 Å². The fraction of sp³-hybridized carbons (Fsp3) is 1.00. The molecule has 1 fully saturated rings. The molecule has 0 aromatic rings. The summed E-state index contributed by atoms with van der Waals surface area (Å²) in [5.41, 5.74) is 2.59. The molecule has 0 aliphatic carbocycles. The van der Waals surface area contributed by atoms with Gasteiger partial charge in [-0.25, -0.2) is 5.01 Å². The maximum atomic E-state index is 11.9. The second kappa shape index (κ2) is 2.39. The number of halogens is 3. The van der Waals surface area contributed by atoms with Gasteiger partial charge in [0.05, 0.1) is 0 Å². The molecule has 10 heavy (non-hydrogen) atoms. The minimum Gasteiger partial charge on any atom is -0.255 e. The highest BCUT2D eigenvalue weighted by molar-refractivity contribution is 4.79. The smallest absolute Gasteiger partial charge is 0.255 e. The Morgan fingerprint density at radius 2 is 2.10 bits per heavy atom. The Balaban J connectivity index is 2.55. The molecule has 1 heterocycles. The molecule has 0 bridgehead atoms. The Hall–Kier alpha value is -0.290. The van der Waals surface area contributed by atoms with Gasteiger partial charge in [0, 0.05) is 13.6 Å². The van der Waals surface area contributed by atoms with Crippen LogP contribution in [0.3, 0.4) is 0 Å². The van der Waals surface area contributed by atoms with Gasteiger partial charge in [-0.05, 0) is 6.42 Å². The molecular formula is C5H9F3N2. The van der Waals surface area contributed by atoms with Gasteiger partial charge in [-0.3, -0.25) is 5.43 Å². The molecule has 0 aromatic carbocycles. The molecule has 2 nitrogen and oxygen atoms in total. The minimum absolute atomic E-state index is 0.153. The number of rotatable bonds is 0. The number of hydrogen-bond acceptors (Lipinski definition) is 2. The zero-order valence-corrected chi connectivity index (χ0v) is 5.57. The summed E-state index contributed by atoms with van der Waals surface area (Å²) in [4.78, 5) is 0. The van der Waals surface area contributed by atoms with Crippen LogP contribution in [0.25, 0.3) is 0 Å². The molecule has 0 spiro atoms. The lowest BCUT2D eigenvalue weighted by molar-refractivity contribution is -0.176. The van der Waals surface area contributed by atoms with Crippen LogP contribution in [0.2, 0.25) is 0 Å². The Bertz CT molecular complexity index is 123. The summed E-state index contributed by atoms with van der Waals surface area (Å²) in [6.07, 6.45) is -3.93. The van der Waals surface area contributed by atoms with Gasteiger partial charge in [-0.1, -0.05) is 0 Å². The van der Waals surface area contributed by atoms with Crippen LogP contribution in [0.4, 0.5) is 13.2 Å². The second-order valence-electron chi connectivity index (χ2n) is 2.37. The highest BCUT2D eigenvalue weighted by atomic mass is 19.4. The number of nitrogens with one attached hydrogen (secondary N) is 1. The summed E-state index contributed by atoms with van der Waals surface area (Å²) in [7, 11) is 1.41. The standard InChI is InChI=1S/C5H9F3N2/c1-10-4(2-3-9-10)5(6,7)8/h4,9H,2-3H2,1H3. The van der Waals surface area contributed by atoms with E-state index >= 15 is 0 Å². The van der Waals surface area contributed by atoms with E-state index in [0.717, 1.165) is 5.01 Å². The van der Waals surface area contributed by atoms with Gasteiger partial charge >= 0.3 is 6.18 Å². The van der Waals surface area contributed by atoms with Crippen molar-refractivity contribution in [1.82, 2.24) is 10.4 Å². The van der Waals surface area contributed by atoms with E-state index in [9.17, 15) is 13.2 Å². The fourth-order valence-corrected chi connectivity index (χ4v) is 1.06. The SMILES string of the molecule is CN1NCCC1C(F)(F)F. The molecule has 5 heteroatoms. The number of nitrogens with zero attached hydrogens (tertiary/aromatic N) is 1. The largest absolute Gasteiger partial charge is 0.405 e. The summed E-state index contributed by atoms with van der Waals surface area (Å²) in [5.74, 6) is 0. The third-order valence-electron chi connectivity index (χ3n) is 1.62. The molecule has 1 aliphatic rings. The summed E-state index contributed by atoms with van der Waals surface area (Å²) < 4.78 is 35.8. The van der Waals surface area contributed by atoms with E-state index in [4.69, 9.17) is 0 Å². The molecule has 1 atom stereocenters. The monoisotopic (exact) mass is 154 g/mol. The maximum absolute atomic E-state index is 11.9. The molecule has 0 radical (unpaired) electrons. The molecule has 1 aliphatic heterocycles. The van der Waals surface area contributed by atoms with Gasteiger partial charge in [0.2, 0.25) is 0 Å². The third kappa shape index (κ3) is 1.41. The zero-order valence-electron chi connectivity index (χ0n) is 5.57. The van der Waals surface area contributed by atoms with E-state index < -0.39 is 12.2 Å². The first-order valence-corrected chi connectivity index (χ1v) is 3.05. The first kappa shape index (κ1) is 7.81. The lowest BCUT2D eigenvalue weighted by Crippen LogP contribution is -2.42. The predicted octanol–water partition coefficient (Wildman–Crippen LogP) is 0.757. The van der Waals surface area contributed by atoms with Crippen LogP contribution in [-0.4, -0.2) is 30.8 Å². The van der Waals surface area contributed by atoms with Crippen LogP contribution in [0.15, 0.2) is 0 Å². The number of hydrazine groups is 1.